The van der Waals surface area contributed by atoms with E-state index in [1.54, 1.807) is 0 Å². The van der Waals surface area contributed by atoms with Crippen molar-refractivity contribution in [1.29, 1.82) is 0 Å². The Bertz CT molecular complexity index is 405. The molecule has 1 N–H and O–H groups in total. The zero-order chi connectivity index (χ0) is 14.6. The van der Waals surface area contributed by atoms with Gasteiger partial charge >= 0.3 is 0 Å². The van der Waals surface area contributed by atoms with Gasteiger partial charge in [-0.1, -0.05) is 57.4 Å². The summed E-state index contributed by atoms with van der Waals surface area (Å²) in [7, 11) is 0. The van der Waals surface area contributed by atoms with Gasteiger partial charge in [0.25, 0.3) is 0 Å². The Morgan fingerprint density at radius 1 is 1.32 bits per heavy atom. The molecule has 0 bridgehead atoms. The van der Waals surface area contributed by atoms with Gasteiger partial charge in [-0.2, -0.15) is 0 Å². The monoisotopic (exact) mass is 412 g/mol. The summed E-state index contributed by atoms with van der Waals surface area (Å²) in [6, 6.07) is 0. The van der Waals surface area contributed by atoms with Crippen molar-refractivity contribution in [1.82, 2.24) is 0 Å². The predicted molar refractivity (Wildman–Crippen MR) is 89.5 cm³/mol. The van der Waals surface area contributed by atoms with Crippen LogP contribution in [0.2, 0.25) is 0 Å². The summed E-state index contributed by atoms with van der Waals surface area (Å²) in [5.41, 5.74) is 1.37. The predicted octanol–water partition coefficient (Wildman–Crippen LogP) is 5.03. The lowest BCUT2D eigenvalue weighted by atomic mass is 9.50. The zero-order valence-electron chi connectivity index (χ0n) is 12.0. The first-order chi connectivity index (χ1) is 8.54. The molecule has 2 aliphatic carbocycles. The third-order valence-corrected chi connectivity index (χ3v) is 9.15. The fourth-order valence-electron chi connectivity index (χ4n) is 3.88. The molecule has 0 aromatic rings. The minimum Gasteiger partial charge on any atom is -0.388 e. The van der Waals surface area contributed by atoms with Gasteiger partial charge < -0.3 is 5.11 Å². The maximum Gasteiger partial charge on any atom is 0.0854 e. The number of alkyl halides is 3. The number of allylic oxidation sites excluding steroid dienone is 1. The fourth-order valence-corrected chi connectivity index (χ4v) is 5.20. The summed E-state index contributed by atoms with van der Waals surface area (Å²) in [4.78, 5) is 0.0762. The summed E-state index contributed by atoms with van der Waals surface area (Å²) >= 11 is 14.1. The van der Waals surface area contributed by atoms with Crippen LogP contribution < -0.4 is 0 Å². The highest BCUT2D eigenvalue weighted by molar-refractivity contribution is 9.10. The van der Waals surface area contributed by atoms with Crippen LogP contribution in [0.15, 0.2) is 11.6 Å². The summed E-state index contributed by atoms with van der Waals surface area (Å²) in [6.45, 7) is 8.86. The van der Waals surface area contributed by atoms with E-state index in [0.717, 1.165) is 19.3 Å². The van der Waals surface area contributed by atoms with E-state index in [4.69, 9.17) is 11.6 Å². The van der Waals surface area contributed by atoms with Crippen LogP contribution in [0.25, 0.3) is 0 Å². The molecule has 110 valence electrons. The van der Waals surface area contributed by atoms with E-state index in [1.807, 2.05) is 6.08 Å². The van der Waals surface area contributed by atoms with Gasteiger partial charge in [0, 0.05) is 9.70 Å². The highest BCUT2D eigenvalue weighted by Gasteiger charge is 2.58. The Labute approximate surface area is 138 Å². The lowest BCUT2D eigenvalue weighted by molar-refractivity contribution is 0.0122. The molecule has 5 atom stereocenters. The first-order valence-electron chi connectivity index (χ1n) is 6.89. The molecule has 0 radical (unpaired) electrons. The van der Waals surface area contributed by atoms with Crippen molar-refractivity contribution >= 4 is 43.5 Å². The molecule has 1 spiro atoms. The normalized spacial score (nSPS) is 50.1. The minimum atomic E-state index is -0.410. The Hall–Kier alpha value is 0.950. The second-order valence-corrected chi connectivity index (χ2v) is 10.3. The SMILES string of the molecule is CC1=C[C@H](O)[C@@H](Br)C(C)(C)[C@@]12CC[C@](C)(Br)C(Cl)C2. The Morgan fingerprint density at radius 3 is 2.42 bits per heavy atom. The number of hydrogen-bond donors (Lipinski definition) is 1. The number of halogens is 3. The lowest BCUT2D eigenvalue weighted by Crippen LogP contribution is -2.56. The van der Waals surface area contributed by atoms with Gasteiger partial charge in [-0.3, -0.25) is 0 Å². The molecule has 0 aromatic carbocycles. The van der Waals surface area contributed by atoms with Crippen LogP contribution in [-0.2, 0) is 0 Å². The van der Waals surface area contributed by atoms with Gasteiger partial charge in [0.15, 0.2) is 0 Å². The third kappa shape index (κ3) is 2.37. The topological polar surface area (TPSA) is 20.2 Å². The standard InChI is InChI=1S/C15H23Br2ClO/c1-9-7-10(19)12(16)13(2,3)15(9)6-5-14(4,17)11(18)8-15/h7,10-12,19H,5-6,8H2,1-4H3/t10-,11?,12+,14-,15+/m0/s1. The molecule has 0 aliphatic heterocycles. The molecule has 1 nitrogen and oxygen atoms in total. The van der Waals surface area contributed by atoms with E-state index >= 15 is 0 Å². The van der Waals surface area contributed by atoms with E-state index in [0.29, 0.717) is 0 Å². The molecule has 0 heterocycles. The molecular formula is C15H23Br2ClO. The van der Waals surface area contributed by atoms with Crippen LogP contribution in [-0.4, -0.2) is 25.7 Å². The zero-order valence-corrected chi connectivity index (χ0v) is 15.9. The summed E-state index contributed by atoms with van der Waals surface area (Å²) in [5, 5.41) is 10.3. The average molecular weight is 415 g/mol. The first-order valence-corrected chi connectivity index (χ1v) is 9.03. The quantitative estimate of drug-likeness (QED) is 0.435. The first kappa shape index (κ1) is 16.3. The van der Waals surface area contributed by atoms with Gasteiger partial charge in [0.2, 0.25) is 0 Å². The second-order valence-electron chi connectivity index (χ2n) is 7.00. The van der Waals surface area contributed by atoms with Crippen LogP contribution in [0.4, 0.5) is 0 Å². The highest BCUT2D eigenvalue weighted by Crippen LogP contribution is 2.63. The van der Waals surface area contributed by atoms with Crippen LogP contribution in [0.1, 0.15) is 47.0 Å². The summed E-state index contributed by atoms with van der Waals surface area (Å²) in [6.07, 6.45) is 4.74. The van der Waals surface area contributed by atoms with E-state index < -0.39 is 6.10 Å². The molecule has 1 unspecified atom stereocenters. The summed E-state index contributed by atoms with van der Waals surface area (Å²) in [5.74, 6) is 0. The van der Waals surface area contributed by atoms with Crippen molar-refractivity contribution in [3.05, 3.63) is 11.6 Å². The average Bonchev–Trinajstić information content (AvgIpc) is 2.29. The van der Waals surface area contributed by atoms with Crippen molar-refractivity contribution in [2.45, 2.75) is 67.6 Å². The molecule has 0 aromatic heterocycles. The van der Waals surface area contributed by atoms with Gasteiger partial charge in [-0.15, -0.1) is 11.6 Å². The van der Waals surface area contributed by atoms with Crippen molar-refractivity contribution in [3.63, 3.8) is 0 Å². The molecule has 4 heteroatoms. The number of hydrogen-bond acceptors (Lipinski definition) is 1. The smallest absolute Gasteiger partial charge is 0.0854 e. The molecule has 2 rings (SSSR count). The second kappa shape index (κ2) is 5.00. The molecule has 0 saturated heterocycles. The molecule has 1 saturated carbocycles. The fraction of sp³-hybridized carbons (Fsp3) is 0.867. The molecular weight excluding hydrogens is 391 g/mol. The number of rotatable bonds is 0. The maximum atomic E-state index is 10.2. The lowest BCUT2D eigenvalue weighted by Gasteiger charge is -2.59. The molecule has 0 amide bonds. The Balaban J connectivity index is 2.45. The highest BCUT2D eigenvalue weighted by atomic mass is 79.9. The van der Waals surface area contributed by atoms with E-state index in [1.165, 1.54) is 5.57 Å². The number of aliphatic hydroxyl groups is 1. The van der Waals surface area contributed by atoms with Gasteiger partial charge in [-0.05, 0) is 43.9 Å². The van der Waals surface area contributed by atoms with Crippen LogP contribution in [0.5, 0.6) is 0 Å². The van der Waals surface area contributed by atoms with Crippen LogP contribution >= 0.6 is 43.5 Å². The van der Waals surface area contributed by atoms with Gasteiger partial charge in [0.1, 0.15) is 0 Å². The van der Waals surface area contributed by atoms with E-state index in [9.17, 15) is 5.11 Å². The largest absolute Gasteiger partial charge is 0.388 e. The molecule has 2 aliphatic rings. The Morgan fingerprint density at radius 2 is 1.89 bits per heavy atom. The number of aliphatic hydroxyl groups excluding tert-OH is 1. The van der Waals surface area contributed by atoms with Crippen molar-refractivity contribution < 1.29 is 5.11 Å². The minimum absolute atomic E-state index is 0.0120. The Kier molecular flexibility index (Phi) is 4.29. The van der Waals surface area contributed by atoms with Gasteiger partial charge in [0.05, 0.1) is 10.9 Å². The van der Waals surface area contributed by atoms with Crippen molar-refractivity contribution in [3.8, 4) is 0 Å². The molecule has 19 heavy (non-hydrogen) atoms. The van der Waals surface area contributed by atoms with Crippen molar-refractivity contribution in [2.75, 3.05) is 0 Å². The van der Waals surface area contributed by atoms with Crippen molar-refractivity contribution in [2.24, 2.45) is 10.8 Å². The summed E-state index contributed by atoms with van der Waals surface area (Å²) < 4.78 is 0.0219. The maximum absolute atomic E-state index is 10.2. The molecule has 1 fully saturated rings. The third-order valence-electron chi connectivity index (χ3n) is 5.62. The van der Waals surface area contributed by atoms with E-state index in [2.05, 4.69) is 59.6 Å². The van der Waals surface area contributed by atoms with Crippen LogP contribution in [0, 0.1) is 10.8 Å². The van der Waals surface area contributed by atoms with Crippen LogP contribution in [0.3, 0.4) is 0 Å². The van der Waals surface area contributed by atoms with E-state index in [-0.39, 0.29) is 25.4 Å². The van der Waals surface area contributed by atoms with Gasteiger partial charge in [-0.25, -0.2) is 0 Å².